The molecule has 1 heterocycles. The van der Waals surface area contributed by atoms with Gasteiger partial charge in [-0.1, -0.05) is 0 Å². The fourth-order valence-electron chi connectivity index (χ4n) is 2.67. The Morgan fingerprint density at radius 1 is 1.23 bits per heavy atom. The molecule has 1 aliphatic rings. The summed E-state index contributed by atoms with van der Waals surface area (Å²) in [6.07, 6.45) is 2.10. The van der Waals surface area contributed by atoms with Crippen molar-refractivity contribution in [2.24, 2.45) is 0 Å². The number of amides is 1. The second-order valence-corrected chi connectivity index (χ2v) is 7.66. The van der Waals surface area contributed by atoms with E-state index in [-0.39, 0.29) is 23.4 Å². The Labute approximate surface area is 154 Å². The van der Waals surface area contributed by atoms with Crippen molar-refractivity contribution in [3.63, 3.8) is 0 Å². The van der Waals surface area contributed by atoms with Crippen molar-refractivity contribution in [2.75, 3.05) is 32.8 Å². The van der Waals surface area contributed by atoms with Gasteiger partial charge in [-0.3, -0.25) is 4.79 Å². The van der Waals surface area contributed by atoms with Gasteiger partial charge in [-0.05, 0) is 45.4 Å². The predicted molar refractivity (Wildman–Crippen MR) is 98.0 cm³/mol. The first kappa shape index (κ1) is 20.5. The molecule has 1 unspecified atom stereocenters. The normalized spacial score (nSPS) is 17.1. The third kappa shape index (κ3) is 5.86. The fraction of sp³-hybridized carbons (Fsp3) is 0.588. The monoisotopic (exact) mass is 385 g/mol. The Kier molecular flexibility index (Phi) is 7.67. The lowest BCUT2D eigenvalue weighted by molar-refractivity contribution is -0.120. The van der Waals surface area contributed by atoms with Gasteiger partial charge in [0.25, 0.3) is 0 Å². The average Bonchev–Trinajstić information content (AvgIpc) is 3.13. The van der Waals surface area contributed by atoms with Crippen molar-refractivity contribution in [1.29, 1.82) is 0 Å². The number of carbonyl (C=O) groups is 1. The van der Waals surface area contributed by atoms with Crippen molar-refractivity contribution < 1.29 is 22.7 Å². The van der Waals surface area contributed by atoms with Gasteiger partial charge in [0.2, 0.25) is 15.9 Å². The van der Waals surface area contributed by atoms with E-state index in [4.69, 9.17) is 9.47 Å². The van der Waals surface area contributed by atoms with Gasteiger partial charge in [0.15, 0.2) is 11.5 Å². The van der Waals surface area contributed by atoms with Gasteiger partial charge in [0.1, 0.15) is 0 Å². The number of hydrogen-bond donors (Lipinski definition) is 3. The molecule has 0 aromatic heterocycles. The van der Waals surface area contributed by atoms with E-state index < -0.39 is 10.0 Å². The van der Waals surface area contributed by atoms with Gasteiger partial charge >= 0.3 is 0 Å². The number of carbonyl (C=O) groups excluding carboxylic acids is 1. The highest BCUT2D eigenvalue weighted by Crippen LogP contribution is 2.30. The topological polar surface area (TPSA) is 106 Å². The molecule has 3 N–H and O–H groups in total. The van der Waals surface area contributed by atoms with Crippen LogP contribution in [0.2, 0.25) is 0 Å². The van der Waals surface area contributed by atoms with E-state index in [1.807, 2.05) is 6.92 Å². The summed E-state index contributed by atoms with van der Waals surface area (Å²) in [5, 5.41) is 6.00. The molecular formula is C17H27N3O5S. The summed E-state index contributed by atoms with van der Waals surface area (Å²) in [4.78, 5) is 11.9. The minimum Gasteiger partial charge on any atom is -0.490 e. The standard InChI is InChI=1S/C17H27N3O5S/c1-3-24-15-8-7-14(10-16(15)25-4-2)26(22,23)20-12-17(21)19-11-13-6-5-9-18-13/h7-8,10,13,18,20H,3-6,9,11-12H2,1-2H3,(H,19,21). The molecule has 0 aliphatic carbocycles. The van der Waals surface area contributed by atoms with Crippen LogP contribution < -0.4 is 24.8 Å². The predicted octanol–water partition coefficient (Wildman–Crippen LogP) is 0.631. The Hall–Kier alpha value is -1.84. The van der Waals surface area contributed by atoms with E-state index in [2.05, 4.69) is 15.4 Å². The van der Waals surface area contributed by atoms with Gasteiger partial charge in [-0.25, -0.2) is 13.1 Å². The maximum absolute atomic E-state index is 12.4. The number of benzene rings is 1. The molecule has 1 aromatic rings. The van der Waals surface area contributed by atoms with Crippen LogP contribution in [0.25, 0.3) is 0 Å². The molecule has 1 saturated heterocycles. The molecule has 9 heteroatoms. The number of ether oxygens (including phenoxy) is 2. The third-order valence-corrected chi connectivity index (χ3v) is 5.35. The first-order valence-corrected chi connectivity index (χ1v) is 10.3. The second-order valence-electron chi connectivity index (χ2n) is 5.90. The zero-order valence-electron chi connectivity index (χ0n) is 15.2. The van der Waals surface area contributed by atoms with Crippen LogP contribution in [0.4, 0.5) is 0 Å². The number of nitrogens with one attached hydrogen (secondary N) is 3. The SMILES string of the molecule is CCOc1ccc(S(=O)(=O)NCC(=O)NCC2CCCN2)cc1OCC. The number of rotatable bonds is 10. The summed E-state index contributed by atoms with van der Waals surface area (Å²) >= 11 is 0. The summed E-state index contributed by atoms with van der Waals surface area (Å²) < 4.78 is 38.0. The van der Waals surface area contributed by atoms with E-state index in [0.29, 0.717) is 31.3 Å². The largest absolute Gasteiger partial charge is 0.490 e. The summed E-state index contributed by atoms with van der Waals surface area (Å²) in [5.41, 5.74) is 0. The van der Waals surface area contributed by atoms with Gasteiger partial charge in [0.05, 0.1) is 24.7 Å². The molecule has 0 radical (unpaired) electrons. The highest BCUT2D eigenvalue weighted by molar-refractivity contribution is 7.89. The van der Waals surface area contributed by atoms with Crippen molar-refractivity contribution in [2.45, 2.75) is 37.6 Å². The molecule has 0 saturated carbocycles. The van der Waals surface area contributed by atoms with Crippen LogP contribution in [0.3, 0.4) is 0 Å². The van der Waals surface area contributed by atoms with Crippen LogP contribution in [0.5, 0.6) is 11.5 Å². The lowest BCUT2D eigenvalue weighted by Gasteiger charge is -2.14. The molecule has 0 bridgehead atoms. The van der Waals surface area contributed by atoms with Crippen LogP contribution in [-0.2, 0) is 14.8 Å². The summed E-state index contributed by atoms with van der Waals surface area (Å²) in [7, 11) is -3.83. The molecule has 2 rings (SSSR count). The summed E-state index contributed by atoms with van der Waals surface area (Å²) in [5.74, 6) is 0.474. The Balaban J connectivity index is 1.95. The highest BCUT2D eigenvalue weighted by atomic mass is 32.2. The zero-order chi connectivity index (χ0) is 19.0. The molecule has 0 spiro atoms. The van der Waals surface area contributed by atoms with Crippen LogP contribution in [0.15, 0.2) is 23.1 Å². The molecule has 1 aliphatic heterocycles. The minimum atomic E-state index is -3.83. The van der Waals surface area contributed by atoms with Crippen LogP contribution in [0.1, 0.15) is 26.7 Å². The molecule has 1 fully saturated rings. The van der Waals surface area contributed by atoms with Crippen LogP contribution in [0, 0.1) is 0 Å². The molecule has 26 heavy (non-hydrogen) atoms. The van der Waals surface area contributed by atoms with Gasteiger partial charge in [-0.2, -0.15) is 0 Å². The van der Waals surface area contributed by atoms with Crippen LogP contribution >= 0.6 is 0 Å². The molecule has 146 valence electrons. The second kappa shape index (κ2) is 9.75. The number of hydrogen-bond acceptors (Lipinski definition) is 6. The Bertz CT molecular complexity index is 702. The van der Waals surface area contributed by atoms with Crippen molar-refractivity contribution in [3.8, 4) is 11.5 Å². The first-order chi connectivity index (χ1) is 12.5. The summed E-state index contributed by atoms with van der Waals surface area (Å²) in [6, 6.07) is 4.64. The van der Waals surface area contributed by atoms with Gasteiger partial charge < -0.3 is 20.1 Å². The molecule has 1 aromatic carbocycles. The van der Waals surface area contributed by atoms with Crippen molar-refractivity contribution in [1.82, 2.24) is 15.4 Å². The zero-order valence-corrected chi connectivity index (χ0v) is 16.0. The fourth-order valence-corrected chi connectivity index (χ4v) is 3.67. The maximum atomic E-state index is 12.4. The van der Waals surface area contributed by atoms with Crippen molar-refractivity contribution >= 4 is 15.9 Å². The lowest BCUT2D eigenvalue weighted by atomic mass is 10.2. The first-order valence-electron chi connectivity index (χ1n) is 8.85. The minimum absolute atomic E-state index is 0.0228. The molecule has 1 amide bonds. The molecule has 1 atom stereocenters. The van der Waals surface area contributed by atoms with E-state index in [1.165, 1.54) is 12.1 Å². The third-order valence-electron chi connectivity index (χ3n) is 3.96. The number of sulfonamides is 1. The van der Waals surface area contributed by atoms with Gasteiger partial charge in [-0.15, -0.1) is 0 Å². The Morgan fingerprint density at radius 3 is 2.62 bits per heavy atom. The smallest absolute Gasteiger partial charge is 0.241 e. The van der Waals surface area contributed by atoms with Gasteiger partial charge in [0, 0.05) is 18.7 Å². The quantitative estimate of drug-likeness (QED) is 0.546. The molecular weight excluding hydrogens is 358 g/mol. The maximum Gasteiger partial charge on any atom is 0.241 e. The van der Waals surface area contributed by atoms with E-state index in [0.717, 1.165) is 19.4 Å². The molecule has 8 nitrogen and oxygen atoms in total. The van der Waals surface area contributed by atoms with E-state index in [9.17, 15) is 13.2 Å². The van der Waals surface area contributed by atoms with E-state index in [1.54, 1.807) is 13.0 Å². The highest BCUT2D eigenvalue weighted by Gasteiger charge is 2.19. The average molecular weight is 385 g/mol. The summed E-state index contributed by atoms with van der Waals surface area (Å²) in [6.45, 7) is 5.60. The lowest BCUT2D eigenvalue weighted by Crippen LogP contribution is -2.42. The van der Waals surface area contributed by atoms with E-state index >= 15 is 0 Å². The van der Waals surface area contributed by atoms with Crippen LogP contribution in [-0.4, -0.2) is 53.2 Å². The Morgan fingerprint density at radius 2 is 1.96 bits per heavy atom. The van der Waals surface area contributed by atoms with Crippen molar-refractivity contribution in [3.05, 3.63) is 18.2 Å².